The average Bonchev–Trinajstić information content (AvgIpc) is 1.21. The van der Waals surface area contributed by atoms with Gasteiger partial charge >= 0.3 is 6.18 Å². The van der Waals surface area contributed by atoms with Crippen LogP contribution in [0.3, 0.4) is 0 Å². The molecular formula is C3H2BrF3O. The number of alkyl halides is 3. The minimum atomic E-state index is -4.37. The van der Waals surface area contributed by atoms with Crippen molar-refractivity contribution < 1.29 is 18.0 Å². The smallest absolute Gasteiger partial charge is 0.286 e. The molecule has 0 saturated heterocycles. The zero-order valence-electron chi connectivity index (χ0n) is 3.63. The van der Waals surface area contributed by atoms with E-state index in [9.17, 15) is 18.0 Å². The van der Waals surface area contributed by atoms with Crippen molar-refractivity contribution >= 4 is 20.6 Å². The van der Waals surface area contributed by atoms with Crippen LogP contribution in [0.25, 0.3) is 0 Å². The van der Waals surface area contributed by atoms with Crippen LogP contribution in [0.15, 0.2) is 0 Å². The molecule has 0 unspecified atom stereocenters. The van der Waals surface area contributed by atoms with Gasteiger partial charge in [0.15, 0.2) is 0 Å². The maximum atomic E-state index is 11.1. The molecule has 0 aromatic carbocycles. The lowest BCUT2D eigenvalue weighted by Gasteiger charge is -1.98. The molecule has 1 nitrogen and oxygen atoms in total. The number of rotatable bonds is 1. The molecule has 0 atom stereocenters. The van der Waals surface area contributed by atoms with Crippen LogP contribution < -0.4 is 0 Å². The maximum absolute atomic E-state index is 11.1. The quantitative estimate of drug-likeness (QED) is 0.578. The minimum absolute atomic E-state index is 1.04. The summed E-state index contributed by atoms with van der Waals surface area (Å²) in [6, 6.07) is 0. The van der Waals surface area contributed by atoms with Crippen molar-refractivity contribution in [1.82, 2.24) is 0 Å². The van der Waals surface area contributed by atoms with Gasteiger partial charge in [0.05, 0.1) is 0 Å². The number of hydrogen-bond acceptors (Lipinski definition) is 1. The Bertz CT molecular complexity index is 97.2. The van der Waals surface area contributed by atoms with E-state index in [-0.39, 0.29) is 0 Å². The summed E-state index contributed by atoms with van der Waals surface area (Å²) in [5, 5.41) is 0. The Hall–Kier alpha value is -0.0600. The molecule has 0 amide bonds. The molecule has 0 aromatic rings. The molecule has 0 saturated carbocycles. The van der Waals surface area contributed by atoms with E-state index in [1.807, 2.05) is 0 Å². The van der Waals surface area contributed by atoms with Crippen molar-refractivity contribution in [2.45, 2.75) is 12.6 Å². The summed E-state index contributed by atoms with van der Waals surface area (Å²) in [5.41, 5.74) is 0. The van der Waals surface area contributed by atoms with Crippen LogP contribution in [-0.4, -0.2) is 10.9 Å². The van der Waals surface area contributed by atoms with Gasteiger partial charge in [-0.25, -0.2) is 0 Å². The van der Waals surface area contributed by atoms with Crippen molar-refractivity contribution in [1.29, 1.82) is 0 Å². The number of carbonyl (C=O) groups is 1. The molecule has 0 spiro atoms. The van der Waals surface area contributed by atoms with Crippen molar-refractivity contribution in [2.24, 2.45) is 0 Å². The Kier molecular flexibility index (Phi) is 2.46. The summed E-state index contributed by atoms with van der Waals surface area (Å²) in [6.45, 7) is 0. The first-order valence-electron chi connectivity index (χ1n) is 1.67. The maximum Gasteiger partial charge on any atom is 0.396 e. The van der Waals surface area contributed by atoms with Crippen LogP contribution in [-0.2, 0) is 4.79 Å². The topological polar surface area (TPSA) is 17.1 Å². The SMILES string of the molecule is O=C(Br)CC(F)(F)F. The van der Waals surface area contributed by atoms with Crippen molar-refractivity contribution in [3.05, 3.63) is 0 Å². The average molecular weight is 191 g/mol. The van der Waals surface area contributed by atoms with Gasteiger partial charge in [0.1, 0.15) is 6.42 Å². The number of carbonyl (C=O) groups excluding carboxylic acids is 1. The molecule has 0 aliphatic rings. The van der Waals surface area contributed by atoms with Crippen molar-refractivity contribution in [3.63, 3.8) is 0 Å². The fourth-order valence-electron chi connectivity index (χ4n) is 0.158. The van der Waals surface area contributed by atoms with Crippen LogP contribution in [0.4, 0.5) is 13.2 Å². The fourth-order valence-corrected chi connectivity index (χ4v) is 0.475. The fraction of sp³-hybridized carbons (Fsp3) is 0.667. The van der Waals surface area contributed by atoms with E-state index in [0.717, 1.165) is 0 Å². The Morgan fingerprint density at radius 2 is 1.88 bits per heavy atom. The van der Waals surface area contributed by atoms with E-state index in [0.29, 0.717) is 0 Å². The lowest BCUT2D eigenvalue weighted by Crippen LogP contribution is -2.10. The van der Waals surface area contributed by atoms with Crippen molar-refractivity contribution in [3.8, 4) is 0 Å². The highest BCUT2D eigenvalue weighted by atomic mass is 79.9. The molecule has 0 fully saturated rings. The standard InChI is InChI=1S/C3H2BrF3O/c4-2(8)1-3(5,6)7/h1H2. The Labute approximate surface area is 52.0 Å². The molecule has 0 N–H and O–H groups in total. The Morgan fingerprint density at radius 1 is 1.50 bits per heavy atom. The highest BCUT2D eigenvalue weighted by Crippen LogP contribution is 2.20. The molecule has 0 aromatic heterocycles. The lowest BCUT2D eigenvalue weighted by molar-refractivity contribution is -0.145. The third kappa shape index (κ3) is 5.94. The second-order valence-corrected chi connectivity index (χ2v) is 2.03. The van der Waals surface area contributed by atoms with Gasteiger partial charge < -0.3 is 0 Å². The van der Waals surface area contributed by atoms with Crippen LogP contribution in [0.2, 0.25) is 0 Å². The molecule has 0 rings (SSSR count). The summed E-state index contributed by atoms with van der Waals surface area (Å²) in [6.07, 6.45) is -5.77. The molecule has 0 aliphatic carbocycles. The van der Waals surface area contributed by atoms with Crippen LogP contribution in [0, 0.1) is 0 Å². The predicted molar refractivity (Wildman–Crippen MR) is 24.6 cm³/mol. The van der Waals surface area contributed by atoms with Crippen molar-refractivity contribution in [2.75, 3.05) is 0 Å². The van der Waals surface area contributed by atoms with Gasteiger partial charge in [0, 0.05) is 0 Å². The third-order valence-corrected chi connectivity index (χ3v) is 0.620. The van der Waals surface area contributed by atoms with Crippen LogP contribution in [0.5, 0.6) is 0 Å². The number of hydrogen-bond donors (Lipinski definition) is 0. The lowest BCUT2D eigenvalue weighted by atomic mass is 10.5. The first kappa shape index (κ1) is 7.94. The van der Waals surface area contributed by atoms with E-state index >= 15 is 0 Å². The second kappa shape index (κ2) is 2.48. The molecule has 5 heteroatoms. The molecule has 48 valence electrons. The molecule has 0 aliphatic heterocycles. The summed E-state index contributed by atoms with van der Waals surface area (Å²) in [4.78, 5) is 9.66. The van der Waals surface area contributed by atoms with E-state index < -0.39 is 17.3 Å². The summed E-state index contributed by atoms with van der Waals surface area (Å²) in [7, 11) is 0. The van der Waals surface area contributed by atoms with Gasteiger partial charge in [-0.05, 0) is 15.9 Å². The van der Waals surface area contributed by atoms with Crippen LogP contribution in [0.1, 0.15) is 6.42 Å². The summed E-state index contributed by atoms with van der Waals surface area (Å²) >= 11 is 2.15. The van der Waals surface area contributed by atoms with Gasteiger partial charge in [0.2, 0.25) is 4.69 Å². The van der Waals surface area contributed by atoms with Crippen LogP contribution >= 0.6 is 15.9 Å². The molecular weight excluding hydrogens is 189 g/mol. The molecule has 0 radical (unpaired) electrons. The molecule has 0 bridgehead atoms. The summed E-state index contributed by atoms with van der Waals surface area (Å²) < 4.78 is 32.1. The largest absolute Gasteiger partial charge is 0.396 e. The minimum Gasteiger partial charge on any atom is -0.286 e. The highest BCUT2D eigenvalue weighted by molar-refractivity contribution is 9.18. The van der Waals surface area contributed by atoms with Gasteiger partial charge in [-0.3, -0.25) is 4.79 Å². The Morgan fingerprint density at radius 3 is 1.88 bits per heavy atom. The van der Waals surface area contributed by atoms with Gasteiger partial charge in [0.25, 0.3) is 0 Å². The van der Waals surface area contributed by atoms with E-state index in [2.05, 4.69) is 15.9 Å². The summed E-state index contributed by atoms with van der Waals surface area (Å²) in [5.74, 6) is 0. The van der Waals surface area contributed by atoms with E-state index in [1.165, 1.54) is 0 Å². The first-order chi connectivity index (χ1) is 3.42. The molecule has 8 heavy (non-hydrogen) atoms. The second-order valence-electron chi connectivity index (χ2n) is 1.15. The number of halogens is 4. The third-order valence-electron chi connectivity index (χ3n) is 0.339. The van der Waals surface area contributed by atoms with E-state index in [1.54, 1.807) is 0 Å². The first-order valence-corrected chi connectivity index (χ1v) is 2.46. The van der Waals surface area contributed by atoms with E-state index in [4.69, 9.17) is 0 Å². The predicted octanol–water partition coefficient (Wildman–Crippen LogP) is 1.86. The zero-order chi connectivity index (χ0) is 6.78. The van der Waals surface area contributed by atoms with Gasteiger partial charge in [-0.1, -0.05) is 0 Å². The monoisotopic (exact) mass is 190 g/mol. The van der Waals surface area contributed by atoms with Gasteiger partial charge in [-0.2, -0.15) is 13.2 Å². The Balaban J connectivity index is 3.55. The normalized spacial score (nSPS) is 11.5. The van der Waals surface area contributed by atoms with Gasteiger partial charge in [-0.15, -0.1) is 0 Å². The highest BCUT2D eigenvalue weighted by Gasteiger charge is 2.29. The molecule has 0 heterocycles. The zero-order valence-corrected chi connectivity index (χ0v) is 5.21.